The molecule has 1 aromatic rings. The Kier molecular flexibility index (Phi) is 16.5. The summed E-state index contributed by atoms with van der Waals surface area (Å²) in [6.45, 7) is 10.2. The summed E-state index contributed by atoms with van der Waals surface area (Å²) in [5.74, 6) is 0. The maximum Gasteiger partial charge on any atom is 0.178 e. The Hall–Kier alpha value is -0.370. The monoisotopic (exact) mass is 425 g/mol. The van der Waals surface area contributed by atoms with E-state index in [0.29, 0.717) is 0 Å². The lowest BCUT2D eigenvalue weighted by Gasteiger charge is -2.06. The van der Waals surface area contributed by atoms with Crippen molar-refractivity contribution in [2.45, 2.75) is 124 Å². The first-order valence-electron chi connectivity index (χ1n) is 11.1. The molecular weight excluding hydrogens is 382 g/mol. The van der Waals surface area contributed by atoms with Gasteiger partial charge in [-0.3, -0.25) is 0 Å². The van der Waals surface area contributed by atoms with Gasteiger partial charge >= 0.3 is 0 Å². The van der Waals surface area contributed by atoms with E-state index >= 15 is 0 Å². The molecule has 0 radical (unpaired) electrons. The van der Waals surface area contributed by atoms with Crippen LogP contribution in [0.2, 0.25) is 0 Å². The molecule has 0 unspecified atom stereocenters. The molecule has 0 bridgehead atoms. The average Bonchev–Trinajstić information content (AvgIpc) is 2.57. The third-order valence-electron chi connectivity index (χ3n) is 5.46. The summed E-state index contributed by atoms with van der Waals surface area (Å²) < 4.78 is 2.48. The molecule has 1 heterocycles. The number of halogens is 1. The first-order chi connectivity index (χ1) is 12.1. The maximum atomic E-state index is 2.48. The van der Waals surface area contributed by atoms with Gasteiger partial charge in [0.25, 0.3) is 0 Å². The molecule has 0 spiro atoms. The number of rotatable bonds is 15. The molecule has 2 heteroatoms. The SMILES string of the molecule is CCCCCCCCCCCCCCCC[n+]1c(C)cc(C)cc1C.[Br-]. The van der Waals surface area contributed by atoms with Crippen molar-refractivity contribution in [1.82, 2.24) is 0 Å². The van der Waals surface area contributed by atoms with E-state index in [1.807, 2.05) is 0 Å². The summed E-state index contributed by atoms with van der Waals surface area (Å²) in [5, 5.41) is 0. The second kappa shape index (κ2) is 16.8. The van der Waals surface area contributed by atoms with Gasteiger partial charge in [0.2, 0.25) is 0 Å². The number of aromatic nitrogens is 1. The number of nitrogens with zero attached hydrogens (tertiary/aromatic N) is 1. The standard InChI is InChI=1S/C24H44N.BrH/c1-5-6-7-8-9-10-11-12-13-14-15-16-17-18-19-25-23(3)20-22(2)21-24(25)4;/h20-21H,5-19H2,1-4H3;1H/q+1;/p-1. The Bertz CT molecular complexity index is 433. The number of pyridine rings is 1. The molecule has 0 aromatic carbocycles. The summed E-state index contributed by atoms with van der Waals surface area (Å²) in [6.07, 6.45) is 20.1. The van der Waals surface area contributed by atoms with E-state index < -0.39 is 0 Å². The lowest BCUT2D eigenvalue weighted by atomic mass is 10.0. The fourth-order valence-electron chi connectivity index (χ4n) is 3.95. The predicted octanol–water partition coefficient (Wildman–Crippen LogP) is 4.38. The van der Waals surface area contributed by atoms with Gasteiger partial charge in [-0.15, -0.1) is 0 Å². The largest absolute Gasteiger partial charge is 1.00 e. The van der Waals surface area contributed by atoms with Crippen molar-refractivity contribution in [2.24, 2.45) is 0 Å². The molecule has 152 valence electrons. The van der Waals surface area contributed by atoms with Crippen molar-refractivity contribution in [2.75, 3.05) is 0 Å². The van der Waals surface area contributed by atoms with Gasteiger partial charge in [-0.1, -0.05) is 84.0 Å². The van der Waals surface area contributed by atoms with E-state index in [-0.39, 0.29) is 17.0 Å². The number of unbranched alkanes of at least 4 members (excludes halogenated alkanes) is 13. The number of aryl methyl sites for hydroxylation is 3. The van der Waals surface area contributed by atoms with Crippen LogP contribution in [0.25, 0.3) is 0 Å². The molecule has 0 aliphatic heterocycles. The van der Waals surface area contributed by atoms with Crippen LogP contribution in [0.3, 0.4) is 0 Å². The van der Waals surface area contributed by atoms with E-state index in [0.717, 1.165) is 0 Å². The smallest absolute Gasteiger partial charge is 0.178 e. The van der Waals surface area contributed by atoms with Crippen molar-refractivity contribution in [1.29, 1.82) is 0 Å². The summed E-state index contributed by atoms with van der Waals surface area (Å²) in [5.41, 5.74) is 4.20. The van der Waals surface area contributed by atoms with Crippen LogP contribution in [-0.2, 0) is 6.54 Å². The maximum absolute atomic E-state index is 2.48. The normalized spacial score (nSPS) is 10.8. The van der Waals surface area contributed by atoms with Crippen LogP contribution in [0.15, 0.2) is 12.1 Å². The highest BCUT2D eigenvalue weighted by Crippen LogP contribution is 2.13. The minimum atomic E-state index is 0. The third kappa shape index (κ3) is 12.1. The second-order valence-corrected chi connectivity index (χ2v) is 8.06. The third-order valence-corrected chi connectivity index (χ3v) is 5.46. The van der Waals surface area contributed by atoms with Crippen molar-refractivity contribution in [3.05, 3.63) is 29.1 Å². The van der Waals surface area contributed by atoms with Gasteiger partial charge in [0.15, 0.2) is 11.4 Å². The molecule has 0 amide bonds. The molecule has 0 aliphatic rings. The van der Waals surface area contributed by atoms with Crippen LogP contribution >= 0.6 is 0 Å². The van der Waals surface area contributed by atoms with Gasteiger partial charge in [0.1, 0.15) is 6.54 Å². The average molecular weight is 427 g/mol. The van der Waals surface area contributed by atoms with Gasteiger partial charge in [-0.25, -0.2) is 4.57 Å². The van der Waals surface area contributed by atoms with Gasteiger partial charge < -0.3 is 17.0 Å². The van der Waals surface area contributed by atoms with Crippen LogP contribution in [0, 0.1) is 20.8 Å². The molecule has 0 aliphatic carbocycles. The highest BCUT2D eigenvalue weighted by molar-refractivity contribution is 5.13. The molecule has 0 atom stereocenters. The van der Waals surface area contributed by atoms with Crippen molar-refractivity contribution in [3.8, 4) is 0 Å². The molecule has 0 N–H and O–H groups in total. The summed E-state index contributed by atoms with van der Waals surface area (Å²) >= 11 is 0. The summed E-state index contributed by atoms with van der Waals surface area (Å²) in [4.78, 5) is 0. The zero-order chi connectivity index (χ0) is 18.3. The number of hydrogen-bond donors (Lipinski definition) is 0. The molecule has 1 rings (SSSR count). The van der Waals surface area contributed by atoms with Crippen molar-refractivity contribution < 1.29 is 21.5 Å². The van der Waals surface area contributed by atoms with Gasteiger partial charge in [0.05, 0.1) is 0 Å². The summed E-state index contributed by atoms with van der Waals surface area (Å²) in [6, 6.07) is 4.60. The molecule has 26 heavy (non-hydrogen) atoms. The van der Waals surface area contributed by atoms with Gasteiger partial charge in [0, 0.05) is 32.4 Å². The van der Waals surface area contributed by atoms with Crippen LogP contribution in [-0.4, -0.2) is 0 Å². The van der Waals surface area contributed by atoms with Crippen LogP contribution < -0.4 is 21.5 Å². The quantitative estimate of drug-likeness (QED) is 0.289. The van der Waals surface area contributed by atoms with E-state index in [9.17, 15) is 0 Å². The molecule has 0 saturated heterocycles. The van der Waals surface area contributed by atoms with Crippen molar-refractivity contribution in [3.63, 3.8) is 0 Å². The molecule has 0 saturated carbocycles. The fourth-order valence-corrected chi connectivity index (χ4v) is 3.95. The number of hydrogen-bond acceptors (Lipinski definition) is 0. The Morgan fingerprint density at radius 3 is 1.31 bits per heavy atom. The van der Waals surface area contributed by atoms with Crippen LogP contribution in [0.5, 0.6) is 0 Å². The molecule has 1 nitrogen and oxygen atoms in total. The van der Waals surface area contributed by atoms with Crippen molar-refractivity contribution >= 4 is 0 Å². The van der Waals surface area contributed by atoms with E-state index in [1.165, 1.54) is 113 Å². The Morgan fingerprint density at radius 2 is 0.923 bits per heavy atom. The van der Waals surface area contributed by atoms with E-state index in [1.54, 1.807) is 0 Å². The lowest BCUT2D eigenvalue weighted by molar-refractivity contribution is -0.709. The highest BCUT2D eigenvalue weighted by atomic mass is 79.9. The van der Waals surface area contributed by atoms with E-state index in [2.05, 4.69) is 44.4 Å². The Balaban J connectivity index is 0.00000625. The zero-order valence-corrected chi connectivity index (χ0v) is 19.7. The fraction of sp³-hybridized carbons (Fsp3) is 0.792. The minimum Gasteiger partial charge on any atom is -1.00 e. The Morgan fingerprint density at radius 1 is 0.577 bits per heavy atom. The molecule has 1 aromatic heterocycles. The highest BCUT2D eigenvalue weighted by Gasteiger charge is 2.10. The Labute approximate surface area is 174 Å². The lowest BCUT2D eigenvalue weighted by Crippen LogP contribution is -3.00. The predicted molar refractivity (Wildman–Crippen MR) is 111 cm³/mol. The minimum absolute atomic E-state index is 0. The summed E-state index contributed by atoms with van der Waals surface area (Å²) in [7, 11) is 0. The second-order valence-electron chi connectivity index (χ2n) is 8.06. The molecular formula is C24H44BrN. The van der Waals surface area contributed by atoms with E-state index in [4.69, 9.17) is 0 Å². The first kappa shape index (κ1) is 25.6. The topological polar surface area (TPSA) is 3.88 Å². The van der Waals surface area contributed by atoms with Gasteiger partial charge in [-0.05, 0) is 18.9 Å². The van der Waals surface area contributed by atoms with Crippen LogP contribution in [0.1, 0.15) is 114 Å². The zero-order valence-electron chi connectivity index (χ0n) is 18.1. The van der Waals surface area contributed by atoms with Gasteiger partial charge in [-0.2, -0.15) is 0 Å². The van der Waals surface area contributed by atoms with Crippen LogP contribution in [0.4, 0.5) is 0 Å². The molecule has 0 fully saturated rings. The first-order valence-corrected chi connectivity index (χ1v) is 11.1.